The molecule has 53 heavy (non-hydrogen) atoms. The lowest BCUT2D eigenvalue weighted by Gasteiger charge is -2.28. The van der Waals surface area contributed by atoms with Gasteiger partial charge in [0, 0.05) is 53.6 Å². The number of nitrogens with zero attached hydrogens (tertiary/aromatic N) is 2. The fourth-order valence-electron chi connectivity index (χ4n) is 8.32. The lowest BCUT2D eigenvalue weighted by atomic mass is 10.0. The van der Waals surface area contributed by atoms with Crippen molar-refractivity contribution in [2.75, 3.05) is 4.90 Å². The molecule has 2 heterocycles. The van der Waals surface area contributed by atoms with Crippen LogP contribution in [0.2, 0.25) is 0 Å². The SMILES string of the molecule is c1ccc(-c2ccccc2N(c2ccc3sc4ccccc4c3c2)c2ccc3c(c2)c2c4ccccc4ccc2n3-c2ccc3ccccc3c2)cc1. The highest BCUT2D eigenvalue weighted by Gasteiger charge is 2.21. The molecule has 2 aromatic heterocycles. The van der Waals surface area contributed by atoms with E-state index in [-0.39, 0.29) is 0 Å². The molecule has 0 aliphatic rings. The van der Waals surface area contributed by atoms with Crippen LogP contribution >= 0.6 is 11.3 Å². The highest BCUT2D eigenvalue weighted by atomic mass is 32.1. The van der Waals surface area contributed by atoms with Crippen molar-refractivity contribution in [1.82, 2.24) is 4.57 Å². The molecule has 0 saturated carbocycles. The van der Waals surface area contributed by atoms with E-state index in [9.17, 15) is 0 Å². The monoisotopic (exact) mass is 692 g/mol. The van der Waals surface area contributed by atoms with E-state index in [1.807, 2.05) is 11.3 Å². The molecule has 0 spiro atoms. The molecule has 9 aromatic carbocycles. The van der Waals surface area contributed by atoms with Crippen LogP contribution in [0.25, 0.3) is 80.3 Å². The summed E-state index contributed by atoms with van der Waals surface area (Å²) in [6.45, 7) is 0. The predicted molar refractivity (Wildman–Crippen MR) is 229 cm³/mol. The number of rotatable bonds is 5. The molecule has 0 aliphatic heterocycles. The molecule has 0 atom stereocenters. The average molecular weight is 693 g/mol. The Labute approximate surface area is 311 Å². The second-order valence-corrected chi connectivity index (χ2v) is 14.8. The van der Waals surface area contributed by atoms with Crippen molar-refractivity contribution < 1.29 is 0 Å². The molecule has 0 N–H and O–H groups in total. The number of fused-ring (bicyclic) bond motifs is 9. The number of anilines is 3. The number of thiophene rings is 1. The number of hydrogen-bond acceptors (Lipinski definition) is 2. The molecule has 11 aromatic rings. The van der Waals surface area contributed by atoms with E-state index in [0.29, 0.717) is 0 Å². The van der Waals surface area contributed by atoms with Crippen molar-refractivity contribution >= 4 is 91.9 Å². The van der Waals surface area contributed by atoms with Gasteiger partial charge in [0.15, 0.2) is 0 Å². The highest BCUT2D eigenvalue weighted by molar-refractivity contribution is 7.25. The van der Waals surface area contributed by atoms with Gasteiger partial charge in [0.2, 0.25) is 0 Å². The van der Waals surface area contributed by atoms with Crippen LogP contribution in [0.5, 0.6) is 0 Å². The van der Waals surface area contributed by atoms with Crippen molar-refractivity contribution in [1.29, 1.82) is 0 Å². The van der Waals surface area contributed by atoms with Gasteiger partial charge in [-0.25, -0.2) is 0 Å². The van der Waals surface area contributed by atoms with E-state index >= 15 is 0 Å². The zero-order chi connectivity index (χ0) is 34.9. The van der Waals surface area contributed by atoms with Crippen molar-refractivity contribution in [3.8, 4) is 16.8 Å². The van der Waals surface area contributed by atoms with Gasteiger partial charge in [-0.15, -0.1) is 11.3 Å². The fourth-order valence-corrected chi connectivity index (χ4v) is 9.41. The Balaban J connectivity index is 1.21. The van der Waals surface area contributed by atoms with E-state index in [1.165, 1.54) is 74.6 Å². The average Bonchev–Trinajstić information content (AvgIpc) is 3.77. The van der Waals surface area contributed by atoms with Gasteiger partial charge in [-0.3, -0.25) is 0 Å². The molecule has 0 amide bonds. The summed E-state index contributed by atoms with van der Waals surface area (Å²) >= 11 is 1.86. The van der Waals surface area contributed by atoms with Gasteiger partial charge in [-0.1, -0.05) is 127 Å². The van der Waals surface area contributed by atoms with Gasteiger partial charge >= 0.3 is 0 Å². The zero-order valence-electron chi connectivity index (χ0n) is 28.8. The molecule has 0 bridgehead atoms. The third kappa shape index (κ3) is 4.78. The molecular formula is C50H32N2S. The van der Waals surface area contributed by atoms with Crippen LogP contribution in [0, 0.1) is 0 Å². The first-order valence-corrected chi connectivity index (χ1v) is 18.9. The summed E-state index contributed by atoms with van der Waals surface area (Å²) in [5, 5.41) is 10.1. The van der Waals surface area contributed by atoms with E-state index < -0.39 is 0 Å². The van der Waals surface area contributed by atoms with E-state index in [0.717, 1.165) is 22.7 Å². The molecule has 2 nitrogen and oxygen atoms in total. The third-order valence-electron chi connectivity index (χ3n) is 10.7. The standard InChI is InChI=1S/C50H32N2S/c1-2-13-34(14-3-1)40-17-8-10-20-45(40)51(39-26-29-49-43(31-39)42-19-9-11-21-48(42)53-49)38-25-28-46-44(32-38)50-41-18-7-6-15-35(41)23-27-47(50)52(46)37-24-22-33-12-4-5-16-36(33)30-37/h1-32H. The van der Waals surface area contributed by atoms with Gasteiger partial charge in [-0.2, -0.15) is 0 Å². The second-order valence-electron chi connectivity index (χ2n) is 13.7. The van der Waals surface area contributed by atoms with Gasteiger partial charge in [-0.05, 0) is 93.8 Å². The van der Waals surface area contributed by atoms with Crippen molar-refractivity contribution in [3.05, 3.63) is 194 Å². The molecule has 0 saturated heterocycles. The van der Waals surface area contributed by atoms with Crippen molar-refractivity contribution in [3.63, 3.8) is 0 Å². The fraction of sp³-hybridized carbons (Fsp3) is 0. The molecule has 0 radical (unpaired) electrons. The molecule has 0 unspecified atom stereocenters. The van der Waals surface area contributed by atoms with Crippen LogP contribution < -0.4 is 4.90 Å². The van der Waals surface area contributed by atoms with Crippen molar-refractivity contribution in [2.24, 2.45) is 0 Å². The van der Waals surface area contributed by atoms with E-state index in [1.54, 1.807) is 0 Å². The number of para-hydroxylation sites is 1. The molecule has 11 rings (SSSR count). The normalized spacial score (nSPS) is 11.8. The summed E-state index contributed by atoms with van der Waals surface area (Å²) in [7, 11) is 0. The molecule has 0 aliphatic carbocycles. The first-order valence-electron chi connectivity index (χ1n) is 18.1. The zero-order valence-corrected chi connectivity index (χ0v) is 29.6. The Morgan fingerprint density at radius 3 is 1.92 bits per heavy atom. The van der Waals surface area contributed by atoms with Gasteiger partial charge in [0.05, 0.1) is 16.7 Å². The summed E-state index contributed by atoms with van der Waals surface area (Å²) in [5.74, 6) is 0. The first kappa shape index (κ1) is 30.0. The summed E-state index contributed by atoms with van der Waals surface area (Å²) in [4.78, 5) is 2.46. The molecule has 3 heteroatoms. The Morgan fingerprint density at radius 2 is 1.04 bits per heavy atom. The van der Waals surface area contributed by atoms with Crippen LogP contribution in [0.1, 0.15) is 0 Å². The predicted octanol–water partition coefficient (Wildman–Crippen LogP) is 14.6. The number of aromatic nitrogens is 1. The van der Waals surface area contributed by atoms with Gasteiger partial charge in [0.1, 0.15) is 0 Å². The quantitative estimate of drug-likeness (QED) is 0.174. The summed E-state index contributed by atoms with van der Waals surface area (Å²) in [6, 6.07) is 71.1. The maximum Gasteiger partial charge on any atom is 0.0547 e. The van der Waals surface area contributed by atoms with Crippen molar-refractivity contribution in [2.45, 2.75) is 0 Å². The highest BCUT2D eigenvalue weighted by Crippen LogP contribution is 2.46. The largest absolute Gasteiger partial charge is 0.310 e. The Hall–Kier alpha value is -6.68. The maximum atomic E-state index is 2.46. The Morgan fingerprint density at radius 1 is 0.396 bits per heavy atom. The lowest BCUT2D eigenvalue weighted by molar-refractivity contribution is 1.18. The van der Waals surface area contributed by atoms with Gasteiger partial charge in [0.25, 0.3) is 0 Å². The minimum atomic E-state index is 1.12. The third-order valence-corrected chi connectivity index (χ3v) is 11.9. The van der Waals surface area contributed by atoms with Crippen LogP contribution in [0.15, 0.2) is 194 Å². The summed E-state index contributed by atoms with van der Waals surface area (Å²) in [6.07, 6.45) is 0. The molecular weight excluding hydrogens is 661 g/mol. The number of benzene rings is 9. The number of hydrogen-bond donors (Lipinski definition) is 0. The maximum absolute atomic E-state index is 2.46. The lowest BCUT2D eigenvalue weighted by Crippen LogP contribution is -2.11. The Kier molecular flexibility index (Phi) is 6.76. The minimum Gasteiger partial charge on any atom is -0.310 e. The molecule has 248 valence electrons. The van der Waals surface area contributed by atoms with Crippen LogP contribution in [-0.2, 0) is 0 Å². The molecule has 0 fully saturated rings. The van der Waals surface area contributed by atoms with E-state index in [4.69, 9.17) is 0 Å². The van der Waals surface area contributed by atoms with E-state index in [2.05, 4.69) is 204 Å². The topological polar surface area (TPSA) is 8.17 Å². The van der Waals surface area contributed by atoms with Crippen LogP contribution in [-0.4, -0.2) is 4.57 Å². The summed E-state index contributed by atoms with van der Waals surface area (Å²) in [5.41, 5.74) is 9.31. The summed E-state index contributed by atoms with van der Waals surface area (Å²) < 4.78 is 5.05. The Bertz CT molecular complexity index is 3190. The smallest absolute Gasteiger partial charge is 0.0547 e. The second kappa shape index (κ2) is 11.9. The minimum absolute atomic E-state index is 1.12. The first-order chi connectivity index (χ1) is 26.3. The van der Waals surface area contributed by atoms with Gasteiger partial charge < -0.3 is 9.47 Å². The van der Waals surface area contributed by atoms with Crippen LogP contribution in [0.3, 0.4) is 0 Å². The van der Waals surface area contributed by atoms with Crippen LogP contribution in [0.4, 0.5) is 17.1 Å².